The molecule has 0 heterocycles. The fourth-order valence-corrected chi connectivity index (χ4v) is 9.14. The summed E-state index contributed by atoms with van der Waals surface area (Å²) in [6, 6.07) is 77.9. The Kier molecular flexibility index (Phi) is 47.1. The van der Waals surface area contributed by atoms with Gasteiger partial charge in [-0.2, -0.15) is 0 Å². The first-order valence-electron chi connectivity index (χ1n) is 33.5. The topological polar surface area (TPSA) is 113 Å². The Labute approximate surface area is 644 Å². The lowest BCUT2D eigenvalue weighted by atomic mass is 10.0. The number of allylic oxidation sites excluding steroid dienone is 1. The third-order valence-corrected chi connectivity index (χ3v) is 16.1. The number of carbonyl (C=O) groups excluding carboxylic acids is 2. The van der Waals surface area contributed by atoms with Crippen molar-refractivity contribution >= 4 is 108 Å². The molecule has 0 N–H and O–H groups in total. The zero-order valence-corrected chi connectivity index (χ0v) is 63.1. The summed E-state index contributed by atoms with van der Waals surface area (Å²) in [6.07, 6.45) is 26.3. The molecule has 8 heteroatoms. The van der Waals surface area contributed by atoms with Gasteiger partial charge >= 0.3 is 0 Å². The van der Waals surface area contributed by atoms with Gasteiger partial charge in [-0.25, -0.2) is 0 Å². The molecule has 104 heavy (non-hydrogen) atoms. The molecule has 10 aromatic carbocycles. The van der Waals surface area contributed by atoms with Crippen LogP contribution in [0.1, 0.15) is 183 Å². The van der Waals surface area contributed by atoms with Gasteiger partial charge in [-0.1, -0.05) is 373 Å². The summed E-state index contributed by atoms with van der Waals surface area (Å²) in [5.41, 5.74) is 24.7. The summed E-state index contributed by atoms with van der Waals surface area (Å²) in [6.45, 7) is 24.4. The predicted molar refractivity (Wildman–Crippen MR) is 462 cm³/mol. The van der Waals surface area contributed by atoms with Crippen molar-refractivity contribution in [3.63, 3.8) is 0 Å². The van der Waals surface area contributed by atoms with Crippen molar-refractivity contribution in [2.75, 3.05) is 7.11 Å². The Bertz CT molecular complexity index is 4280. The minimum atomic E-state index is -0.166. The molecule has 0 amide bonds. The number of halogens is 2. The zero-order chi connectivity index (χ0) is 71.9. The second-order valence-electron chi connectivity index (χ2n) is 24.5. The molecule has 0 aliphatic heterocycles. The van der Waals surface area contributed by atoms with Crippen LogP contribution in [0.2, 0.25) is 0 Å². The molecule has 0 aliphatic rings. The number of benzene rings is 10. The zero-order valence-electron chi connectivity index (χ0n) is 60.7. The lowest BCUT2D eigenvalue weighted by Gasteiger charge is -2.05. The largest absolute Gasteiger partial charge is 0.851 e. The molecule has 6 nitrogen and oxygen atoms in total. The van der Waals surface area contributed by atoms with E-state index >= 15 is 0 Å². The summed E-state index contributed by atoms with van der Waals surface area (Å²) in [5.74, 6) is 1.52. The van der Waals surface area contributed by atoms with Crippen LogP contribution >= 0.6 is 24.0 Å². The molecule has 0 spiro atoms. The van der Waals surface area contributed by atoms with Gasteiger partial charge in [0.2, 0.25) is 0 Å². The van der Waals surface area contributed by atoms with Crippen molar-refractivity contribution in [1.29, 1.82) is 0 Å². The van der Waals surface area contributed by atoms with E-state index in [1.54, 1.807) is 21.0 Å². The maximum absolute atomic E-state index is 10.8. The molecule has 0 aromatic heterocycles. The number of Topliss-reactive ketones (excluding diaryl/α,β-unsaturated/α-hetero) is 2. The van der Waals surface area contributed by atoms with Crippen LogP contribution in [0.25, 0.3) is 72.9 Å². The Morgan fingerprint density at radius 1 is 0.394 bits per heavy atom. The monoisotopic (exact) mass is 1510 g/mol. The lowest BCUT2D eigenvalue weighted by molar-refractivity contribution is -0.386. The van der Waals surface area contributed by atoms with Gasteiger partial charge in [0.15, 0.2) is 5.78 Å². The second-order valence-corrected chi connectivity index (χ2v) is 24.5. The molecule has 552 valence electrons. The number of carbonyl (C=O) groups is 2. The molecule has 0 saturated heterocycles. The Morgan fingerprint density at radius 2 is 0.635 bits per heavy atom. The molecular weight excluding hydrogens is 1390 g/mol. The lowest BCUT2D eigenvalue weighted by Crippen LogP contribution is -2.03. The van der Waals surface area contributed by atoms with E-state index in [0.29, 0.717) is 11.4 Å². The van der Waals surface area contributed by atoms with E-state index < -0.39 is 0 Å². The van der Waals surface area contributed by atoms with Gasteiger partial charge in [0.05, 0.1) is 7.11 Å². The minimum Gasteiger partial charge on any atom is -0.851 e. The fraction of sp³-hybridized carbons (Fsp3) is 0.208. The van der Waals surface area contributed by atoms with Crippen molar-refractivity contribution in [2.24, 2.45) is 5.92 Å². The highest BCUT2D eigenvalue weighted by molar-refractivity contribution is 14.0. The molecule has 0 aliphatic carbocycles. The van der Waals surface area contributed by atoms with E-state index in [1.165, 1.54) is 79.2 Å². The molecule has 0 radical (unpaired) electrons. The van der Waals surface area contributed by atoms with Crippen LogP contribution in [-0.2, 0) is 29.4 Å². The normalized spacial score (nSPS) is 10.6. The number of aryl methyl sites for hydroxylation is 6. The number of ether oxygens (including phenoxy) is 1. The molecule has 0 fully saturated rings. The van der Waals surface area contributed by atoms with Crippen LogP contribution < -0.4 is 20.1 Å². The maximum atomic E-state index is 10.8. The smallest absolute Gasteiger partial charge is 0.154 e. The van der Waals surface area contributed by atoms with Crippen molar-refractivity contribution in [3.8, 4) is 5.75 Å². The fourth-order valence-electron chi connectivity index (χ4n) is 9.14. The van der Waals surface area contributed by atoms with Crippen LogP contribution in [0.3, 0.4) is 0 Å². The Balaban J connectivity index is -0.00000126. The van der Waals surface area contributed by atoms with Gasteiger partial charge in [0.1, 0.15) is 11.5 Å². The third-order valence-electron chi connectivity index (χ3n) is 16.1. The molecule has 1 unspecified atom stereocenters. The first-order chi connectivity index (χ1) is 47.7. The van der Waals surface area contributed by atoms with Gasteiger partial charge in [-0.05, 0) is 159 Å². The highest BCUT2D eigenvalue weighted by Crippen LogP contribution is 2.24. The van der Waals surface area contributed by atoms with E-state index in [9.17, 15) is 24.9 Å². The van der Waals surface area contributed by atoms with Crippen molar-refractivity contribution < 1.29 is 37.2 Å². The summed E-state index contributed by atoms with van der Waals surface area (Å²) < 4.78 is 5.44. The first-order valence-corrected chi connectivity index (χ1v) is 33.5. The van der Waals surface area contributed by atoms with Crippen LogP contribution in [0, 0.1) is 47.5 Å². The van der Waals surface area contributed by atoms with Crippen molar-refractivity contribution in [3.05, 3.63) is 360 Å². The molecule has 0 bridgehead atoms. The van der Waals surface area contributed by atoms with Gasteiger partial charge in [0.25, 0.3) is 0 Å². The predicted octanol–water partition coefficient (Wildman–Crippen LogP) is 24.2. The molecule has 10 rings (SSSR count). The summed E-state index contributed by atoms with van der Waals surface area (Å²) in [5, 5.41) is 32.0. The van der Waals surface area contributed by atoms with Gasteiger partial charge < -0.3 is 20.1 Å². The quantitative estimate of drug-likeness (QED) is 0.0453. The van der Waals surface area contributed by atoms with Gasteiger partial charge in [-0.15, -0.1) is 43.8 Å². The summed E-state index contributed by atoms with van der Waals surface area (Å²) >= 11 is 0. The number of hydrogen-bond donors (Lipinski definition) is 0. The van der Waals surface area contributed by atoms with Crippen molar-refractivity contribution in [1.82, 2.24) is 0 Å². The maximum Gasteiger partial charge on any atom is 0.154 e. The van der Waals surface area contributed by atoms with E-state index in [-0.39, 0.29) is 85.3 Å². The average molecular weight is 1510 g/mol. The molecular formula is C96H115FIO6-3. The Hall–Kier alpha value is -9.94. The van der Waals surface area contributed by atoms with E-state index in [4.69, 9.17) is 4.74 Å². The third kappa shape index (κ3) is 36.3. The number of methoxy groups -OCH3 is 1. The van der Waals surface area contributed by atoms with Crippen LogP contribution in [-0.4, -0.2) is 18.7 Å². The van der Waals surface area contributed by atoms with Crippen LogP contribution in [0.4, 0.5) is 4.70 Å². The molecule has 0 saturated carbocycles. The average Bonchev–Trinajstić information content (AvgIpc) is 0.859. The minimum absolute atomic E-state index is 0. The first kappa shape index (κ1) is 94.1. The summed E-state index contributed by atoms with van der Waals surface area (Å²) in [7, 11) is 1.71. The van der Waals surface area contributed by atoms with Crippen LogP contribution in [0.5, 0.6) is 5.75 Å². The highest BCUT2D eigenvalue weighted by atomic mass is 127. The number of ketones is 2. The SMILES string of the molecule is C.C.C.C=C(C)C(C)=O.CCC(C)C(C)=O.COc1ccc(C)cc1/C=C/c1ccc(/C=C/c2cc(C)ccc2C)cc1.Cc1ccc(/C=C/c2ccc(C[O-])cc2)cc1.Cc1ccc(C)c(/C=C/c2ccc(/C=C/c3ccc(C[O-])cc3)cc2)c1.F.I.[2HH].[HH].[O-]Cc1ccc(/C=C/c2ccccc2)cc1. The highest BCUT2D eigenvalue weighted by Gasteiger charge is 2.03. The standard InChI is InChI=1S/C26H26O.C25H23O.C16H15O.C15H13O.C6H12O.C5H8O.3CH4.FH.HI.2H2/c1-19-5-7-21(3)24(17-19)14-12-22-8-10-23(11-9-22)13-15-25-18-20(2)6-16-26(25)27-4;1-19-3-4-20(2)25(17-19)16-15-23-9-7-21(8-10-23)5-6-22-11-13-24(18-26)14-12-22;1-13-2-4-14(5-3-13)6-7-15-8-10-16(12-17)11-9-15;16-12-15-10-8-14(9-11-15)7-6-13-4-2-1-3-5-13;1-4-5(2)6(3)7;1-4(2)5(3)6;;;;;;;/h5-18H,1-4H3;3-17H,18H2,1-2H3;2-11H,12H2,1H3;1-11H,12H2;5H,4H2,1-3H3;1H2,2-3H3;3*1H4;4*1H/q;3*-1;;;;;;;;;/b14-12+,15-13+;6-5+,16-15+;2*7-6+;;;;;;;;;/i;;;;;;;;;;;1+1;. The van der Waals surface area contributed by atoms with Crippen LogP contribution in [0.15, 0.2) is 243 Å². The second kappa shape index (κ2) is 52.1. The van der Waals surface area contributed by atoms with E-state index in [2.05, 4.69) is 248 Å². The molecule has 10 aromatic rings. The van der Waals surface area contributed by atoms with Gasteiger partial charge in [0, 0.05) is 14.3 Å². The Morgan fingerprint density at radius 3 is 0.894 bits per heavy atom. The van der Waals surface area contributed by atoms with Crippen molar-refractivity contribution in [2.45, 2.75) is 125 Å². The summed E-state index contributed by atoms with van der Waals surface area (Å²) in [4.78, 5) is 20.4. The number of rotatable bonds is 19. The van der Waals surface area contributed by atoms with E-state index in [0.717, 1.165) is 56.7 Å². The molecule has 1 atom stereocenters. The van der Waals surface area contributed by atoms with E-state index in [1.807, 2.05) is 117 Å². The van der Waals surface area contributed by atoms with Gasteiger partial charge in [-0.3, -0.25) is 14.3 Å². The number of hydrogen-bond acceptors (Lipinski definition) is 6.